The number of β-amino-alcohol motifs (C(OH)–C–C–N with tert-alkyl or cyclic N) is 1. The van der Waals surface area contributed by atoms with Gasteiger partial charge in [0.1, 0.15) is 5.75 Å². The largest absolute Gasteiger partial charge is 0.497 e. The lowest BCUT2D eigenvalue weighted by Crippen LogP contribution is -2.55. The van der Waals surface area contributed by atoms with E-state index in [9.17, 15) is 5.11 Å². The molecular formula is C24H38N2O3. The molecule has 0 radical (unpaired) electrons. The summed E-state index contributed by atoms with van der Waals surface area (Å²) in [6.07, 6.45) is 7.07. The molecule has 0 spiro atoms. The van der Waals surface area contributed by atoms with Gasteiger partial charge in [0, 0.05) is 32.2 Å². The van der Waals surface area contributed by atoms with Crippen LogP contribution in [0.4, 0.5) is 0 Å². The number of aliphatic hydroxyl groups is 1. The van der Waals surface area contributed by atoms with Crippen LogP contribution in [0.3, 0.4) is 0 Å². The molecule has 5 heteroatoms. The fraction of sp³-hybridized carbons (Fsp3) is 0.750. The van der Waals surface area contributed by atoms with Gasteiger partial charge in [-0.3, -0.25) is 4.90 Å². The number of aliphatic hydroxyl groups excluding tert-OH is 1. The number of fused-ring (bicyclic) bond motifs is 3. The average Bonchev–Trinajstić information content (AvgIpc) is 2.77. The van der Waals surface area contributed by atoms with Crippen LogP contribution in [-0.2, 0) is 16.6 Å². The topological polar surface area (TPSA) is 54.0 Å². The Kier molecular flexibility index (Phi) is 6.80. The first-order valence-electron chi connectivity index (χ1n) is 11.5. The van der Waals surface area contributed by atoms with Crippen molar-refractivity contribution in [1.82, 2.24) is 10.2 Å². The molecule has 2 N–H and O–H groups in total. The summed E-state index contributed by atoms with van der Waals surface area (Å²) < 4.78 is 11.0. The molecule has 5 nitrogen and oxygen atoms in total. The second kappa shape index (κ2) is 9.34. The third kappa shape index (κ3) is 4.34. The lowest BCUT2D eigenvalue weighted by molar-refractivity contribution is 0.0129. The van der Waals surface area contributed by atoms with E-state index in [2.05, 4.69) is 35.3 Å². The Bertz CT molecular complexity index is 676. The van der Waals surface area contributed by atoms with E-state index in [0.29, 0.717) is 18.5 Å². The highest BCUT2D eigenvalue weighted by atomic mass is 16.5. The molecule has 1 aromatic carbocycles. The number of nitrogens with one attached hydrogen (secondary N) is 1. The molecule has 2 aliphatic carbocycles. The van der Waals surface area contributed by atoms with Gasteiger partial charge < -0.3 is 19.9 Å². The third-order valence-electron chi connectivity index (χ3n) is 7.70. The van der Waals surface area contributed by atoms with Crippen LogP contribution in [0, 0.1) is 5.92 Å². The van der Waals surface area contributed by atoms with Crippen molar-refractivity contribution in [2.45, 2.75) is 63.0 Å². The van der Waals surface area contributed by atoms with Crippen molar-refractivity contribution in [2.24, 2.45) is 5.92 Å². The van der Waals surface area contributed by atoms with Gasteiger partial charge in [0.15, 0.2) is 0 Å². The molecule has 1 heterocycles. The van der Waals surface area contributed by atoms with E-state index >= 15 is 0 Å². The van der Waals surface area contributed by atoms with Crippen LogP contribution in [0.1, 0.15) is 50.2 Å². The Labute approximate surface area is 175 Å². The average molecular weight is 403 g/mol. The van der Waals surface area contributed by atoms with Crippen molar-refractivity contribution < 1.29 is 14.6 Å². The van der Waals surface area contributed by atoms with Crippen molar-refractivity contribution in [3.63, 3.8) is 0 Å². The van der Waals surface area contributed by atoms with E-state index in [4.69, 9.17) is 9.47 Å². The predicted molar refractivity (Wildman–Crippen MR) is 116 cm³/mol. The maximum Gasteiger partial charge on any atom is 0.119 e. The molecule has 1 aliphatic heterocycles. The van der Waals surface area contributed by atoms with Crippen LogP contribution in [0.2, 0.25) is 0 Å². The zero-order valence-corrected chi connectivity index (χ0v) is 18.2. The highest BCUT2D eigenvalue weighted by molar-refractivity contribution is 5.44. The van der Waals surface area contributed by atoms with E-state index in [1.807, 2.05) is 0 Å². The quantitative estimate of drug-likeness (QED) is 0.735. The van der Waals surface area contributed by atoms with Crippen molar-refractivity contribution in [2.75, 3.05) is 46.5 Å². The Morgan fingerprint density at radius 1 is 1.31 bits per heavy atom. The zero-order valence-electron chi connectivity index (χ0n) is 18.2. The van der Waals surface area contributed by atoms with Crippen LogP contribution in [-0.4, -0.2) is 68.7 Å². The number of rotatable bonds is 7. The number of hydrogen-bond donors (Lipinski definition) is 2. The fourth-order valence-corrected chi connectivity index (χ4v) is 6.17. The van der Waals surface area contributed by atoms with Crippen LogP contribution in [0.5, 0.6) is 5.75 Å². The number of methoxy groups -OCH3 is 1. The number of hydrogen-bond acceptors (Lipinski definition) is 5. The first-order valence-corrected chi connectivity index (χ1v) is 11.5. The maximum absolute atomic E-state index is 10.7. The van der Waals surface area contributed by atoms with Crippen LogP contribution in [0.25, 0.3) is 0 Å². The minimum atomic E-state index is -0.329. The predicted octanol–water partition coefficient (Wildman–Crippen LogP) is 2.74. The van der Waals surface area contributed by atoms with Gasteiger partial charge in [0.05, 0.1) is 26.4 Å². The highest BCUT2D eigenvalue weighted by Gasteiger charge is 2.48. The molecule has 0 amide bonds. The van der Waals surface area contributed by atoms with Crippen LogP contribution >= 0.6 is 0 Å². The normalized spacial score (nSPS) is 31.0. The molecule has 29 heavy (non-hydrogen) atoms. The summed E-state index contributed by atoms with van der Waals surface area (Å²) in [7, 11) is 1.77. The van der Waals surface area contributed by atoms with Gasteiger partial charge in [-0.05, 0) is 60.3 Å². The molecule has 1 saturated heterocycles. The SMILES string of the molecule is CC[C@@]12CCCC[C@@H]1[C@@H](NCC(O)CN1CCOCC1)Cc1ccc(OC)cc12. The Balaban J connectivity index is 1.48. The summed E-state index contributed by atoms with van der Waals surface area (Å²) >= 11 is 0. The second-order valence-electron chi connectivity index (χ2n) is 9.17. The molecule has 3 aliphatic rings. The summed E-state index contributed by atoms with van der Waals surface area (Å²) in [5.74, 6) is 1.62. The van der Waals surface area contributed by atoms with Gasteiger partial charge >= 0.3 is 0 Å². The standard InChI is InChI=1S/C24H38N2O3/c1-3-24-9-5-4-6-21(24)23(14-18-7-8-20(28-2)15-22(18)24)25-16-19(27)17-26-10-12-29-13-11-26/h7-8,15,19,21,23,25,27H,3-6,9-14,16-17H2,1-2H3/t19?,21-,23+,24-/m1/s1. The van der Waals surface area contributed by atoms with E-state index in [1.165, 1.54) is 43.2 Å². The van der Waals surface area contributed by atoms with Gasteiger partial charge in [-0.1, -0.05) is 25.8 Å². The monoisotopic (exact) mass is 402 g/mol. The van der Waals surface area contributed by atoms with Crippen LogP contribution < -0.4 is 10.1 Å². The van der Waals surface area contributed by atoms with Gasteiger partial charge in [0.2, 0.25) is 0 Å². The second-order valence-corrected chi connectivity index (χ2v) is 9.17. The molecule has 1 saturated carbocycles. The molecular weight excluding hydrogens is 364 g/mol. The van der Waals surface area contributed by atoms with Gasteiger partial charge in [-0.25, -0.2) is 0 Å². The molecule has 4 atom stereocenters. The van der Waals surface area contributed by atoms with Crippen LogP contribution in [0.15, 0.2) is 18.2 Å². The van der Waals surface area contributed by atoms with E-state index in [-0.39, 0.29) is 11.5 Å². The lowest BCUT2D eigenvalue weighted by atomic mass is 9.54. The first-order chi connectivity index (χ1) is 14.2. The summed E-state index contributed by atoms with van der Waals surface area (Å²) in [5, 5.41) is 14.5. The Hall–Kier alpha value is -1.14. The number of benzene rings is 1. The summed E-state index contributed by atoms with van der Waals surface area (Å²) in [4.78, 5) is 2.31. The van der Waals surface area contributed by atoms with E-state index in [0.717, 1.165) is 45.0 Å². The molecule has 4 rings (SSSR count). The molecule has 2 fully saturated rings. The van der Waals surface area contributed by atoms with Gasteiger partial charge in [0.25, 0.3) is 0 Å². The maximum atomic E-state index is 10.7. The van der Waals surface area contributed by atoms with E-state index in [1.54, 1.807) is 7.11 Å². The van der Waals surface area contributed by atoms with Crippen molar-refractivity contribution in [1.29, 1.82) is 0 Å². The number of ether oxygens (including phenoxy) is 2. The lowest BCUT2D eigenvalue weighted by Gasteiger charge is -2.52. The fourth-order valence-electron chi connectivity index (χ4n) is 6.17. The van der Waals surface area contributed by atoms with Gasteiger partial charge in [-0.2, -0.15) is 0 Å². The molecule has 0 aromatic heterocycles. The third-order valence-corrected chi connectivity index (χ3v) is 7.70. The molecule has 1 aromatic rings. The van der Waals surface area contributed by atoms with Crippen molar-refractivity contribution >= 4 is 0 Å². The first kappa shape index (κ1) is 21.1. The zero-order chi connectivity index (χ0) is 20.3. The summed E-state index contributed by atoms with van der Waals surface area (Å²) in [6, 6.07) is 7.13. The highest BCUT2D eigenvalue weighted by Crippen LogP contribution is 2.52. The summed E-state index contributed by atoms with van der Waals surface area (Å²) in [6.45, 7) is 7.18. The molecule has 1 unspecified atom stereocenters. The van der Waals surface area contributed by atoms with Crippen molar-refractivity contribution in [3.05, 3.63) is 29.3 Å². The van der Waals surface area contributed by atoms with Gasteiger partial charge in [-0.15, -0.1) is 0 Å². The Morgan fingerprint density at radius 2 is 2.14 bits per heavy atom. The minimum absolute atomic E-state index is 0.243. The number of morpholine rings is 1. The summed E-state index contributed by atoms with van der Waals surface area (Å²) in [5.41, 5.74) is 3.23. The Morgan fingerprint density at radius 3 is 2.90 bits per heavy atom. The van der Waals surface area contributed by atoms with Crippen molar-refractivity contribution in [3.8, 4) is 5.75 Å². The minimum Gasteiger partial charge on any atom is -0.497 e. The smallest absolute Gasteiger partial charge is 0.119 e. The molecule has 0 bridgehead atoms. The molecule has 162 valence electrons. The van der Waals surface area contributed by atoms with E-state index < -0.39 is 0 Å². The number of nitrogens with zero attached hydrogens (tertiary/aromatic N) is 1.